The van der Waals surface area contributed by atoms with Gasteiger partial charge in [-0.25, -0.2) is 17.7 Å². The normalized spacial score (nSPS) is 11.8. The first-order valence-corrected chi connectivity index (χ1v) is 14.4. The van der Waals surface area contributed by atoms with Crippen molar-refractivity contribution in [3.8, 4) is 17.2 Å². The number of carbonyl (C=O) groups excluding carboxylic acids is 1. The summed E-state index contributed by atoms with van der Waals surface area (Å²) in [5, 5.41) is 5.99. The van der Waals surface area contributed by atoms with Gasteiger partial charge in [-0.05, 0) is 54.6 Å². The molecule has 0 aliphatic rings. The predicted octanol–water partition coefficient (Wildman–Crippen LogP) is 5.02. The Labute approximate surface area is 238 Å². The first kappa shape index (κ1) is 28.5. The number of rotatable bonds is 9. The number of carbonyl (C=O) groups is 1. The van der Waals surface area contributed by atoms with Crippen molar-refractivity contribution in [2.24, 2.45) is 5.10 Å². The molecule has 0 N–H and O–H groups in total. The van der Waals surface area contributed by atoms with Gasteiger partial charge in [0, 0.05) is 29.7 Å². The summed E-state index contributed by atoms with van der Waals surface area (Å²) in [7, 11) is 3.76. The third kappa shape index (κ3) is 5.91. The standard InChI is InChI=1S/C26H25BrN4O6S2/c1-30(2)39(33,34)19-9-6-17(7-10-19)25(32)31(26-29-20-11-8-18(27)14-23(20)38-26)28-15-16-12-21(35-3)24(37-5)22(13-16)36-4/h6-15H,1-5H3/b28-15+. The Morgan fingerprint density at radius 3 is 2.18 bits per heavy atom. The molecular formula is C26H25BrN4O6S2. The van der Waals surface area contributed by atoms with Crippen LogP contribution in [0.1, 0.15) is 15.9 Å². The van der Waals surface area contributed by atoms with Crippen molar-refractivity contribution in [3.63, 3.8) is 0 Å². The number of hydrazone groups is 1. The molecule has 0 fully saturated rings. The topological polar surface area (TPSA) is 111 Å². The zero-order valence-electron chi connectivity index (χ0n) is 21.7. The molecule has 3 aromatic carbocycles. The quantitative estimate of drug-likeness (QED) is 0.188. The number of halogens is 1. The Morgan fingerprint density at radius 2 is 1.62 bits per heavy atom. The van der Waals surface area contributed by atoms with E-state index in [0.29, 0.717) is 33.5 Å². The second kappa shape index (κ2) is 11.7. The maximum absolute atomic E-state index is 13.7. The molecule has 0 spiro atoms. The van der Waals surface area contributed by atoms with E-state index in [1.807, 2.05) is 18.2 Å². The number of thiazole rings is 1. The average molecular weight is 634 g/mol. The zero-order chi connectivity index (χ0) is 28.3. The number of methoxy groups -OCH3 is 3. The number of amides is 1. The van der Waals surface area contributed by atoms with Gasteiger partial charge in [0.05, 0.1) is 42.7 Å². The lowest BCUT2D eigenvalue weighted by Gasteiger charge is -2.16. The van der Waals surface area contributed by atoms with E-state index >= 15 is 0 Å². The molecule has 39 heavy (non-hydrogen) atoms. The Morgan fingerprint density at radius 1 is 0.974 bits per heavy atom. The van der Waals surface area contributed by atoms with E-state index < -0.39 is 15.9 Å². The van der Waals surface area contributed by atoms with Gasteiger partial charge in [-0.1, -0.05) is 27.3 Å². The molecule has 0 saturated carbocycles. The molecule has 0 unspecified atom stereocenters. The number of sulfonamides is 1. The maximum Gasteiger partial charge on any atom is 0.280 e. The van der Waals surface area contributed by atoms with Crippen molar-refractivity contribution in [3.05, 3.63) is 70.2 Å². The third-order valence-corrected chi connectivity index (χ3v) is 8.92. The van der Waals surface area contributed by atoms with Gasteiger partial charge >= 0.3 is 0 Å². The fourth-order valence-corrected chi connectivity index (χ4v) is 5.94. The second-order valence-electron chi connectivity index (χ2n) is 8.24. The Balaban J connectivity index is 1.78. The molecule has 4 aromatic rings. The molecule has 1 aromatic heterocycles. The van der Waals surface area contributed by atoms with E-state index in [4.69, 9.17) is 14.2 Å². The van der Waals surface area contributed by atoms with Gasteiger partial charge in [0.15, 0.2) is 11.5 Å². The minimum absolute atomic E-state index is 0.0707. The van der Waals surface area contributed by atoms with Crippen molar-refractivity contribution < 1.29 is 27.4 Å². The lowest BCUT2D eigenvalue weighted by molar-refractivity contribution is 0.0987. The van der Waals surface area contributed by atoms with Crippen LogP contribution in [0.4, 0.5) is 5.13 Å². The number of fused-ring (bicyclic) bond motifs is 1. The predicted molar refractivity (Wildman–Crippen MR) is 155 cm³/mol. The fraction of sp³-hybridized carbons (Fsp3) is 0.192. The van der Waals surface area contributed by atoms with Crippen LogP contribution in [-0.2, 0) is 10.0 Å². The molecule has 4 rings (SSSR count). The van der Waals surface area contributed by atoms with E-state index in [1.165, 1.54) is 82.3 Å². The Kier molecular flexibility index (Phi) is 8.54. The zero-order valence-corrected chi connectivity index (χ0v) is 24.9. The number of hydrogen-bond donors (Lipinski definition) is 0. The van der Waals surface area contributed by atoms with Gasteiger partial charge < -0.3 is 14.2 Å². The van der Waals surface area contributed by atoms with Crippen LogP contribution in [0.5, 0.6) is 17.2 Å². The summed E-state index contributed by atoms with van der Waals surface area (Å²) in [6.45, 7) is 0. The number of aromatic nitrogens is 1. The molecule has 1 heterocycles. The van der Waals surface area contributed by atoms with E-state index in [9.17, 15) is 13.2 Å². The van der Waals surface area contributed by atoms with Crippen LogP contribution in [0.15, 0.2) is 69.1 Å². The molecule has 13 heteroatoms. The van der Waals surface area contributed by atoms with Crippen LogP contribution in [0.3, 0.4) is 0 Å². The van der Waals surface area contributed by atoms with Crippen LogP contribution < -0.4 is 19.2 Å². The smallest absolute Gasteiger partial charge is 0.280 e. The van der Waals surface area contributed by atoms with Crippen molar-refractivity contribution in [2.45, 2.75) is 4.90 Å². The maximum atomic E-state index is 13.7. The van der Waals surface area contributed by atoms with Gasteiger partial charge in [-0.2, -0.15) is 10.1 Å². The second-order valence-corrected chi connectivity index (χ2v) is 12.3. The summed E-state index contributed by atoms with van der Waals surface area (Å²) >= 11 is 4.75. The lowest BCUT2D eigenvalue weighted by Crippen LogP contribution is -2.26. The van der Waals surface area contributed by atoms with Crippen LogP contribution >= 0.6 is 27.3 Å². The number of hydrogen-bond acceptors (Lipinski definition) is 9. The monoisotopic (exact) mass is 632 g/mol. The minimum Gasteiger partial charge on any atom is -0.493 e. The fourth-order valence-electron chi connectivity index (χ4n) is 3.57. The van der Waals surface area contributed by atoms with Crippen molar-refractivity contribution in [2.75, 3.05) is 40.4 Å². The van der Waals surface area contributed by atoms with Crippen molar-refractivity contribution in [1.29, 1.82) is 0 Å². The summed E-state index contributed by atoms with van der Waals surface area (Å²) in [5.74, 6) is 0.789. The largest absolute Gasteiger partial charge is 0.493 e. The molecule has 10 nitrogen and oxygen atoms in total. The first-order valence-electron chi connectivity index (χ1n) is 11.4. The third-order valence-electron chi connectivity index (χ3n) is 5.60. The summed E-state index contributed by atoms with van der Waals surface area (Å²) in [6.07, 6.45) is 1.48. The molecule has 0 atom stereocenters. The Bertz CT molecular complexity index is 1630. The number of benzene rings is 3. The van der Waals surface area contributed by atoms with E-state index in [1.54, 1.807) is 12.1 Å². The van der Waals surface area contributed by atoms with Crippen LogP contribution in [0.25, 0.3) is 10.2 Å². The minimum atomic E-state index is -3.65. The van der Waals surface area contributed by atoms with Gasteiger partial charge in [-0.3, -0.25) is 4.79 Å². The lowest BCUT2D eigenvalue weighted by atomic mass is 10.2. The van der Waals surface area contributed by atoms with Gasteiger partial charge in [0.1, 0.15) is 0 Å². The molecule has 204 valence electrons. The highest BCUT2D eigenvalue weighted by Gasteiger charge is 2.23. The average Bonchev–Trinajstić information content (AvgIpc) is 3.35. The molecule has 1 amide bonds. The van der Waals surface area contributed by atoms with Gasteiger partial charge in [-0.15, -0.1) is 0 Å². The van der Waals surface area contributed by atoms with E-state index in [0.717, 1.165) is 13.5 Å². The van der Waals surface area contributed by atoms with Crippen LogP contribution in [0.2, 0.25) is 0 Å². The molecule has 0 bridgehead atoms. The summed E-state index contributed by atoms with van der Waals surface area (Å²) in [6, 6.07) is 14.7. The highest BCUT2D eigenvalue weighted by Crippen LogP contribution is 2.38. The van der Waals surface area contributed by atoms with Crippen LogP contribution in [0, 0.1) is 0 Å². The Hall–Kier alpha value is -3.52. The molecule has 0 radical (unpaired) electrons. The van der Waals surface area contributed by atoms with Crippen molar-refractivity contribution in [1.82, 2.24) is 9.29 Å². The molecule has 0 aliphatic carbocycles. The van der Waals surface area contributed by atoms with Gasteiger partial charge in [0.2, 0.25) is 20.9 Å². The van der Waals surface area contributed by atoms with E-state index in [-0.39, 0.29) is 10.5 Å². The summed E-state index contributed by atoms with van der Waals surface area (Å²) in [4.78, 5) is 18.4. The number of ether oxygens (including phenoxy) is 3. The highest BCUT2D eigenvalue weighted by molar-refractivity contribution is 9.10. The number of anilines is 1. The van der Waals surface area contributed by atoms with E-state index in [2.05, 4.69) is 26.0 Å². The molecular weight excluding hydrogens is 608 g/mol. The highest BCUT2D eigenvalue weighted by atomic mass is 79.9. The molecule has 0 aliphatic heterocycles. The molecule has 0 saturated heterocycles. The van der Waals surface area contributed by atoms with Crippen molar-refractivity contribution >= 4 is 64.8 Å². The van der Waals surface area contributed by atoms with Crippen LogP contribution in [-0.4, -0.2) is 65.3 Å². The first-order chi connectivity index (χ1) is 18.6. The SMILES string of the molecule is COc1cc(/C=N/N(C(=O)c2ccc(S(=O)(=O)N(C)C)cc2)c2nc3ccc(Br)cc3s2)cc(OC)c1OC. The number of nitrogens with zero attached hydrogens (tertiary/aromatic N) is 4. The van der Waals surface area contributed by atoms with Gasteiger partial charge in [0.25, 0.3) is 5.91 Å². The summed E-state index contributed by atoms with van der Waals surface area (Å²) < 4.78 is 44.0. The summed E-state index contributed by atoms with van der Waals surface area (Å²) in [5.41, 5.74) is 1.51.